The van der Waals surface area contributed by atoms with Gasteiger partial charge in [-0.3, -0.25) is 0 Å². The van der Waals surface area contributed by atoms with Crippen LogP contribution in [0, 0.1) is 11.8 Å². The molecule has 2 aromatic rings. The first-order valence-electron chi connectivity index (χ1n) is 16.4. The van der Waals surface area contributed by atoms with E-state index in [-0.39, 0.29) is 76.8 Å². The van der Waals surface area contributed by atoms with Crippen LogP contribution in [0.1, 0.15) is 57.4 Å². The highest BCUT2D eigenvalue weighted by Gasteiger charge is 2.16. The number of benzene rings is 2. The van der Waals surface area contributed by atoms with Crippen molar-refractivity contribution < 1.29 is 49.0 Å². The van der Waals surface area contributed by atoms with Crippen molar-refractivity contribution >= 4 is 11.9 Å². The van der Waals surface area contributed by atoms with E-state index in [9.17, 15) is 30.0 Å². The summed E-state index contributed by atoms with van der Waals surface area (Å²) in [6.45, 7) is 8.88. The Kier molecular flexibility index (Phi) is 19.1. The summed E-state index contributed by atoms with van der Waals surface area (Å²) in [6.07, 6.45) is 7.01. The molecule has 0 bridgehead atoms. The van der Waals surface area contributed by atoms with Crippen LogP contribution in [0.4, 0.5) is 0 Å². The summed E-state index contributed by atoms with van der Waals surface area (Å²) in [5, 5.41) is 36.9. The van der Waals surface area contributed by atoms with Crippen molar-refractivity contribution in [2.45, 2.75) is 58.3 Å². The molecular formula is C37H52O10. The highest BCUT2D eigenvalue weighted by atomic mass is 16.6. The van der Waals surface area contributed by atoms with E-state index in [1.165, 1.54) is 24.8 Å². The molecule has 0 saturated carbocycles. The summed E-state index contributed by atoms with van der Waals surface area (Å²) in [5.74, 6) is -0.861. The van der Waals surface area contributed by atoms with Crippen molar-refractivity contribution in [3.05, 3.63) is 72.3 Å². The van der Waals surface area contributed by atoms with Gasteiger partial charge in [0.25, 0.3) is 0 Å². The minimum atomic E-state index is -0.591. The predicted molar refractivity (Wildman–Crippen MR) is 180 cm³/mol. The predicted octanol–water partition coefficient (Wildman–Crippen LogP) is 4.80. The Hall–Kier alpha value is -3.70. The molecule has 4 N–H and O–H groups in total. The van der Waals surface area contributed by atoms with Gasteiger partial charge in [-0.15, -0.1) is 0 Å². The maximum Gasteiger partial charge on any atom is 0.333 e. The van der Waals surface area contributed by atoms with Crippen LogP contribution in [0.5, 0.6) is 11.5 Å². The number of hydrogen-bond donors (Lipinski definition) is 4. The van der Waals surface area contributed by atoms with E-state index in [0.29, 0.717) is 11.5 Å². The van der Waals surface area contributed by atoms with Gasteiger partial charge < -0.3 is 39.4 Å². The zero-order valence-electron chi connectivity index (χ0n) is 27.7. The molecule has 0 aliphatic carbocycles. The zero-order chi connectivity index (χ0) is 34.4. The minimum Gasteiger partial charge on any atom is -0.490 e. The van der Waals surface area contributed by atoms with E-state index in [0.717, 1.165) is 30.4 Å². The summed E-state index contributed by atoms with van der Waals surface area (Å²) in [6, 6.07) is 13.6. The van der Waals surface area contributed by atoms with Crippen molar-refractivity contribution in [3.8, 4) is 22.6 Å². The quantitative estimate of drug-likeness (QED) is 0.0666. The molecular weight excluding hydrogens is 604 g/mol. The van der Waals surface area contributed by atoms with E-state index < -0.39 is 23.8 Å². The average Bonchev–Trinajstić information content (AvgIpc) is 3.09. The number of hydrogen-bond acceptors (Lipinski definition) is 10. The summed E-state index contributed by atoms with van der Waals surface area (Å²) >= 11 is 0. The van der Waals surface area contributed by atoms with Crippen molar-refractivity contribution in [2.75, 3.05) is 52.9 Å². The third kappa shape index (κ3) is 14.7. The van der Waals surface area contributed by atoms with Crippen molar-refractivity contribution in [1.82, 2.24) is 0 Å². The van der Waals surface area contributed by atoms with Gasteiger partial charge in [0.1, 0.15) is 37.9 Å². The van der Waals surface area contributed by atoms with E-state index in [4.69, 9.17) is 18.9 Å². The first kappa shape index (κ1) is 39.5. The Morgan fingerprint density at radius 2 is 1.21 bits per heavy atom. The molecule has 0 atom stereocenters. The van der Waals surface area contributed by atoms with Crippen LogP contribution in [0.3, 0.4) is 0 Å². The molecule has 0 radical (unpaired) electrons. The van der Waals surface area contributed by atoms with E-state index in [2.05, 4.69) is 26.1 Å². The molecule has 0 spiro atoms. The fourth-order valence-electron chi connectivity index (χ4n) is 4.83. The smallest absolute Gasteiger partial charge is 0.333 e. The monoisotopic (exact) mass is 656 g/mol. The molecule has 0 unspecified atom stereocenters. The molecule has 260 valence electrons. The Balaban J connectivity index is 2.03. The lowest BCUT2D eigenvalue weighted by atomic mass is 9.95. The largest absolute Gasteiger partial charge is 0.490 e. The first-order chi connectivity index (χ1) is 22.8. The number of rotatable bonds is 25. The number of carbonyl (C=O) groups is 2. The second kappa shape index (κ2) is 22.8. The second-order valence-electron chi connectivity index (χ2n) is 11.6. The molecule has 0 saturated heterocycles. The van der Waals surface area contributed by atoms with Crippen LogP contribution in [0.25, 0.3) is 11.1 Å². The lowest BCUT2D eigenvalue weighted by Crippen LogP contribution is -2.18. The fraction of sp³-hybridized carbons (Fsp3) is 0.514. The van der Waals surface area contributed by atoms with Gasteiger partial charge in [-0.25, -0.2) is 9.59 Å². The molecule has 2 rings (SSSR count). The summed E-state index contributed by atoms with van der Waals surface area (Å²) in [5.41, 5.74) is 3.47. The highest BCUT2D eigenvalue weighted by Crippen LogP contribution is 2.32. The number of esters is 2. The molecule has 0 aliphatic heterocycles. The Morgan fingerprint density at radius 3 is 1.74 bits per heavy atom. The Bertz CT molecular complexity index is 1250. The Labute approximate surface area is 278 Å². The number of aliphatic hydroxyl groups is 4. The van der Waals surface area contributed by atoms with Gasteiger partial charge >= 0.3 is 11.9 Å². The summed E-state index contributed by atoms with van der Waals surface area (Å²) < 4.78 is 22.3. The number of ether oxygens (including phenoxy) is 4. The van der Waals surface area contributed by atoms with Crippen molar-refractivity contribution in [2.24, 2.45) is 11.8 Å². The fourth-order valence-corrected chi connectivity index (χ4v) is 4.83. The maximum atomic E-state index is 12.2. The van der Waals surface area contributed by atoms with Gasteiger partial charge in [-0.1, -0.05) is 64.0 Å². The van der Waals surface area contributed by atoms with E-state index in [1.807, 2.05) is 36.4 Å². The Morgan fingerprint density at radius 1 is 0.681 bits per heavy atom. The molecule has 2 aromatic carbocycles. The van der Waals surface area contributed by atoms with E-state index in [1.54, 1.807) is 0 Å². The average molecular weight is 657 g/mol. The second-order valence-corrected chi connectivity index (χ2v) is 11.6. The van der Waals surface area contributed by atoms with Crippen LogP contribution < -0.4 is 9.47 Å². The van der Waals surface area contributed by atoms with Gasteiger partial charge in [0.2, 0.25) is 0 Å². The summed E-state index contributed by atoms with van der Waals surface area (Å²) in [7, 11) is 0. The maximum absolute atomic E-state index is 12.2. The van der Waals surface area contributed by atoms with Crippen molar-refractivity contribution in [1.29, 1.82) is 0 Å². The van der Waals surface area contributed by atoms with Gasteiger partial charge in [0.15, 0.2) is 0 Å². The number of carbonyl (C=O) groups excluding carboxylic acids is 2. The van der Waals surface area contributed by atoms with Crippen LogP contribution >= 0.6 is 0 Å². The zero-order valence-corrected chi connectivity index (χ0v) is 27.7. The molecule has 0 heterocycles. The van der Waals surface area contributed by atoms with E-state index >= 15 is 0 Å². The van der Waals surface area contributed by atoms with Crippen LogP contribution in [-0.4, -0.2) is 85.2 Å². The lowest BCUT2D eigenvalue weighted by molar-refractivity contribution is -0.140. The number of unbranched alkanes of at least 4 members (excludes halogenated alkanes) is 4. The number of aryl methyl sites for hydroxylation is 1. The minimum absolute atomic E-state index is 0.0126. The molecule has 0 amide bonds. The molecule has 0 aromatic heterocycles. The highest BCUT2D eigenvalue weighted by molar-refractivity contribution is 5.88. The summed E-state index contributed by atoms with van der Waals surface area (Å²) in [4.78, 5) is 24.4. The third-order valence-corrected chi connectivity index (χ3v) is 7.63. The molecule has 10 heteroatoms. The molecule has 0 aliphatic rings. The SMILES string of the molecule is C=C(CC(CO)CO)C(=O)OCCOc1cccc(-c2cc(OCCOC(=O)C(=C)CC(CO)CO)ccc2CCCCCCC)c1. The van der Waals surface area contributed by atoms with Crippen LogP contribution in [0.15, 0.2) is 66.8 Å². The molecule has 10 nitrogen and oxygen atoms in total. The molecule has 0 fully saturated rings. The number of aliphatic hydroxyl groups excluding tert-OH is 4. The topological polar surface area (TPSA) is 152 Å². The molecule has 47 heavy (non-hydrogen) atoms. The normalized spacial score (nSPS) is 11.0. The standard InChI is InChI=1S/C37H52O10/c1-4-5-6-7-8-10-31-13-14-34(45-16-18-47-37(43)28(3)20-30(25-40)26-41)22-35(31)32-11-9-12-33(21-32)44-15-17-46-36(42)27(2)19-29(23-38)24-39/h9,11-14,21-22,29-30,38-41H,2-8,10,15-20,23-26H2,1H3. The van der Waals surface area contributed by atoms with Gasteiger partial charge in [0.05, 0.1) is 0 Å². The van der Waals surface area contributed by atoms with Crippen LogP contribution in [0.2, 0.25) is 0 Å². The third-order valence-electron chi connectivity index (χ3n) is 7.63. The van der Waals surface area contributed by atoms with Gasteiger partial charge in [0, 0.05) is 49.4 Å². The van der Waals surface area contributed by atoms with Crippen LogP contribution in [-0.2, 0) is 25.5 Å². The van der Waals surface area contributed by atoms with Crippen molar-refractivity contribution in [3.63, 3.8) is 0 Å². The van der Waals surface area contributed by atoms with Gasteiger partial charge in [-0.2, -0.15) is 0 Å². The lowest BCUT2D eigenvalue weighted by Gasteiger charge is -2.15. The first-order valence-corrected chi connectivity index (χ1v) is 16.4. The van der Waals surface area contributed by atoms with Gasteiger partial charge in [-0.05, 0) is 66.6 Å².